The molecule has 0 atom stereocenters. The van der Waals surface area contributed by atoms with Gasteiger partial charge in [-0.2, -0.15) is 0 Å². The zero-order valence-electron chi connectivity index (χ0n) is 16.0. The van der Waals surface area contributed by atoms with Crippen molar-refractivity contribution in [3.8, 4) is 0 Å². The molecule has 0 amide bonds. The van der Waals surface area contributed by atoms with E-state index in [9.17, 15) is 4.79 Å². The van der Waals surface area contributed by atoms with E-state index in [1.165, 1.54) is 6.08 Å². The van der Waals surface area contributed by atoms with E-state index < -0.39 is 8.80 Å². The third-order valence-electron chi connectivity index (χ3n) is 3.99. The van der Waals surface area contributed by atoms with Crippen molar-refractivity contribution in [3.05, 3.63) is 54.1 Å². The van der Waals surface area contributed by atoms with Crippen molar-refractivity contribution in [3.63, 3.8) is 0 Å². The van der Waals surface area contributed by atoms with E-state index in [2.05, 4.69) is 0 Å². The van der Waals surface area contributed by atoms with Crippen molar-refractivity contribution in [1.82, 2.24) is 0 Å². The molecule has 6 heteroatoms. The molecule has 0 aliphatic rings. The number of benzene rings is 1. The molecule has 0 unspecified atom stereocenters. The largest absolute Gasteiger partial charge is 0.500 e. The first-order valence-corrected chi connectivity index (χ1v) is 10.8. The van der Waals surface area contributed by atoms with Crippen LogP contribution >= 0.6 is 0 Å². The summed E-state index contributed by atoms with van der Waals surface area (Å²) in [4.78, 5) is 11.6. The number of rotatable bonds is 13. The average Bonchev–Trinajstić information content (AvgIpc) is 2.69. The van der Waals surface area contributed by atoms with Crippen LogP contribution in [-0.4, -0.2) is 42.7 Å². The highest BCUT2D eigenvalue weighted by molar-refractivity contribution is 6.60. The van der Waals surface area contributed by atoms with E-state index in [1.54, 1.807) is 27.4 Å². The van der Waals surface area contributed by atoms with Crippen LogP contribution in [0.4, 0.5) is 0 Å². The fourth-order valence-corrected chi connectivity index (χ4v) is 4.23. The van der Waals surface area contributed by atoms with Crippen molar-refractivity contribution in [2.75, 3.05) is 27.9 Å². The Kier molecular flexibility index (Phi) is 11.6. The second-order valence-corrected chi connectivity index (χ2v) is 8.85. The molecule has 144 valence electrons. The number of hydrogen-bond donors (Lipinski definition) is 0. The minimum atomic E-state index is -2.45. The van der Waals surface area contributed by atoms with Gasteiger partial charge in [0.1, 0.15) is 0 Å². The van der Waals surface area contributed by atoms with E-state index in [4.69, 9.17) is 18.0 Å². The third-order valence-corrected chi connectivity index (χ3v) is 6.82. The highest BCUT2D eigenvalue weighted by Crippen LogP contribution is 2.17. The Morgan fingerprint density at radius 2 is 1.58 bits per heavy atom. The fraction of sp³-hybridized carbons (Fsp3) is 0.450. The van der Waals surface area contributed by atoms with Gasteiger partial charge in [0.25, 0.3) is 0 Å². The molecular formula is C20H30O5Si. The van der Waals surface area contributed by atoms with E-state index >= 15 is 0 Å². The molecule has 0 aliphatic carbocycles. The number of ether oxygens (including phenoxy) is 1. The van der Waals surface area contributed by atoms with Crippen molar-refractivity contribution >= 4 is 20.8 Å². The van der Waals surface area contributed by atoms with Gasteiger partial charge in [-0.05, 0) is 18.4 Å². The summed E-state index contributed by atoms with van der Waals surface area (Å²) in [5.41, 5.74) is 1.09. The zero-order valence-corrected chi connectivity index (χ0v) is 17.0. The standard InChI is InChI=1S/C20H30O5Si/c1-22-26(23-2,24-3)18-12-5-4-11-17-25-20(21)16-10-9-15-19-13-7-6-8-14-19/h6-10,13-16H,4-5,11-12,17-18H2,1-3H3/b15-9+,16-10+. The molecular weight excluding hydrogens is 348 g/mol. The highest BCUT2D eigenvalue weighted by Gasteiger charge is 2.36. The van der Waals surface area contributed by atoms with Crippen LogP contribution in [0.3, 0.4) is 0 Å². The number of esters is 1. The molecule has 0 saturated heterocycles. The SMILES string of the molecule is CO[Si](CCCCCCOC(=O)/C=C/C=C/c1ccccc1)(OC)OC. The van der Waals surface area contributed by atoms with Gasteiger partial charge in [0.15, 0.2) is 0 Å². The first kappa shape index (κ1) is 22.3. The van der Waals surface area contributed by atoms with Crippen LogP contribution in [0.5, 0.6) is 0 Å². The van der Waals surface area contributed by atoms with E-state index in [0.717, 1.165) is 37.3 Å². The molecule has 0 fully saturated rings. The van der Waals surface area contributed by atoms with Crippen LogP contribution in [0.2, 0.25) is 6.04 Å². The lowest BCUT2D eigenvalue weighted by Crippen LogP contribution is -2.42. The fourth-order valence-electron chi connectivity index (χ4n) is 2.44. The lowest BCUT2D eigenvalue weighted by atomic mass is 10.2. The zero-order chi connectivity index (χ0) is 19.1. The van der Waals surface area contributed by atoms with Crippen LogP contribution in [-0.2, 0) is 22.8 Å². The smallest absolute Gasteiger partial charge is 0.463 e. The molecule has 0 N–H and O–H groups in total. The van der Waals surface area contributed by atoms with Gasteiger partial charge in [-0.25, -0.2) is 4.79 Å². The second kappa shape index (κ2) is 13.5. The molecule has 1 aromatic rings. The van der Waals surface area contributed by atoms with E-state index in [0.29, 0.717) is 6.61 Å². The predicted molar refractivity (Wildman–Crippen MR) is 106 cm³/mol. The first-order valence-electron chi connectivity index (χ1n) is 8.88. The van der Waals surface area contributed by atoms with Gasteiger partial charge < -0.3 is 18.0 Å². The van der Waals surface area contributed by atoms with E-state index in [1.807, 2.05) is 42.5 Å². The molecule has 0 spiro atoms. The summed E-state index contributed by atoms with van der Waals surface area (Å²) in [6.07, 6.45) is 10.7. The molecule has 0 saturated carbocycles. The Hall–Kier alpha value is -1.73. The number of allylic oxidation sites excluding steroid dienone is 2. The van der Waals surface area contributed by atoms with Gasteiger partial charge in [0, 0.05) is 33.4 Å². The van der Waals surface area contributed by atoms with Crippen LogP contribution in [0.25, 0.3) is 6.08 Å². The third kappa shape index (κ3) is 9.10. The van der Waals surface area contributed by atoms with Gasteiger partial charge in [-0.1, -0.05) is 61.4 Å². The Balaban J connectivity index is 2.09. The van der Waals surface area contributed by atoms with Crippen molar-refractivity contribution in [2.24, 2.45) is 0 Å². The Morgan fingerprint density at radius 1 is 0.923 bits per heavy atom. The molecule has 0 aromatic heterocycles. The Morgan fingerprint density at radius 3 is 2.23 bits per heavy atom. The number of hydrogen-bond acceptors (Lipinski definition) is 5. The molecule has 0 bridgehead atoms. The predicted octanol–water partition coefficient (Wildman–Crippen LogP) is 4.24. The van der Waals surface area contributed by atoms with Crippen LogP contribution in [0.1, 0.15) is 31.2 Å². The lowest BCUT2D eigenvalue weighted by molar-refractivity contribution is -0.137. The monoisotopic (exact) mass is 378 g/mol. The quantitative estimate of drug-likeness (QED) is 0.169. The number of carbonyl (C=O) groups is 1. The molecule has 1 rings (SSSR count). The topological polar surface area (TPSA) is 54.0 Å². The van der Waals surface area contributed by atoms with Gasteiger partial charge in [0.2, 0.25) is 0 Å². The van der Waals surface area contributed by atoms with Crippen molar-refractivity contribution < 1.29 is 22.8 Å². The molecule has 0 heterocycles. The average molecular weight is 379 g/mol. The second-order valence-electron chi connectivity index (χ2n) is 5.76. The molecule has 26 heavy (non-hydrogen) atoms. The molecule has 0 radical (unpaired) electrons. The Labute approximate surface area is 158 Å². The molecule has 1 aromatic carbocycles. The number of unbranched alkanes of at least 4 members (excludes halogenated alkanes) is 3. The first-order chi connectivity index (χ1) is 12.7. The summed E-state index contributed by atoms with van der Waals surface area (Å²) < 4.78 is 21.3. The highest BCUT2D eigenvalue weighted by atomic mass is 28.4. The summed E-state index contributed by atoms with van der Waals surface area (Å²) in [5, 5.41) is 0. The van der Waals surface area contributed by atoms with Gasteiger partial charge in [-0.15, -0.1) is 0 Å². The van der Waals surface area contributed by atoms with Crippen molar-refractivity contribution in [1.29, 1.82) is 0 Å². The van der Waals surface area contributed by atoms with Crippen LogP contribution in [0, 0.1) is 0 Å². The maximum absolute atomic E-state index is 11.6. The van der Waals surface area contributed by atoms with Gasteiger partial charge >= 0.3 is 14.8 Å². The lowest BCUT2D eigenvalue weighted by Gasteiger charge is -2.24. The summed E-state index contributed by atoms with van der Waals surface area (Å²) >= 11 is 0. The minimum Gasteiger partial charge on any atom is -0.463 e. The summed E-state index contributed by atoms with van der Waals surface area (Å²) in [6.45, 7) is 0.437. The molecule has 0 aliphatic heterocycles. The van der Waals surface area contributed by atoms with Crippen LogP contribution < -0.4 is 0 Å². The minimum absolute atomic E-state index is 0.313. The summed E-state index contributed by atoms with van der Waals surface area (Å²) in [7, 11) is 2.43. The van der Waals surface area contributed by atoms with Crippen LogP contribution in [0.15, 0.2) is 48.6 Å². The van der Waals surface area contributed by atoms with Gasteiger partial charge in [0.05, 0.1) is 6.61 Å². The maximum atomic E-state index is 11.6. The van der Waals surface area contributed by atoms with E-state index in [-0.39, 0.29) is 5.97 Å². The van der Waals surface area contributed by atoms with Gasteiger partial charge in [-0.3, -0.25) is 0 Å². The Bertz CT molecular complexity index is 544. The summed E-state index contributed by atoms with van der Waals surface area (Å²) in [5.74, 6) is -0.313. The maximum Gasteiger partial charge on any atom is 0.500 e. The summed E-state index contributed by atoms with van der Waals surface area (Å²) in [6, 6.07) is 10.7. The number of carbonyl (C=O) groups excluding carboxylic acids is 1. The molecule has 5 nitrogen and oxygen atoms in total. The normalized spacial score (nSPS) is 12.1. The van der Waals surface area contributed by atoms with Crippen molar-refractivity contribution in [2.45, 2.75) is 31.7 Å².